The molecule has 0 unspecified atom stereocenters. The van der Waals surface area contributed by atoms with Crippen molar-refractivity contribution in [1.82, 2.24) is 9.80 Å². The molecule has 0 spiro atoms. The molecule has 2 aliphatic heterocycles. The molecule has 31 heavy (non-hydrogen) atoms. The summed E-state index contributed by atoms with van der Waals surface area (Å²) in [4.78, 5) is 23.8. The number of halogens is 1. The Morgan fingerprint density at radius 2 is 2.10 bits per heavy atom. The van der Waals surface area contributed by atoms with Gasteiger partial charge in [0, 0.05) is 37.9 Å². The number of hydrogen-bond acceptors (Lipinski definition) is 6. The molecule has 2 N–H and O–H groups in total. The number of carbonyl (C=O) groups excluding carboxylic acids is 2. The minimum Gasteiger partial charge on any atom is -0.444 e. The maximum Gasteiger partial charge on any atom is 0.414 e. The van der Waals surface area contributed by atoms with Crippen LogP contribution in [0.25, 0.3) is 0 Å². The predicted molar refractivity (Wildman–Crippen MR) is 109 cm³/mol. The summed E-state index contributed by atoms with van der Waals surface area (Å²) in [6, 6.07) is 4.18. The maximum absolute atomic E-state index is 15.0. The van der Waals surface area contributed by atoms with Gasteiger partial charge in [-0.15, -0.1) is 5.26 Å². The van der Waals surface area contributed by atoms with E-state index in [0.29, 0.717) is 38.9 Å². The van der Waals surface area contributed by atoms with E-state index >= 15 is 4.39 Å². The van der Waals surface area contributed by atoms with Gasteiger partial charge >= 0.3 is 12.3 Å². The summed E-state index contributed by atoms with van der Waals surface area (Å²) in [5.41, 5.74) is 0.449. The summed E-state index contributed by atoms with van der Waals surface area (Å²) in [5.74, 6) is -0.943. The van der Waals surface area contributed by atoms with Crippen LogP contribution in [0.15, 0.2) is 18.2 Å². The van der Waals surface area contributed by atoms with Gasteiger partial charge in [-0.05, 0) is 12.0 Å². The largest absolute Gasteiger partial charge is 0.444 e. The van der Waals surface area contributed by atoms with Crippen molar-refractivity contribution in [1.29, 1.82) is 5.26 Å². The van der Waals surface area contributed by atoms with Crippen molar-refractivity contribution in [3.05, 3.63) is 24.0 Å². The molecule has 1 aromatic rings. The van der Waals surface area contributed by atoms with Crippen LogP contribution in [0.4, 0.5) is 20.6 Å². The first-order valence-electron chi connectivity index (χ1n) is 9.86. The van der Waals surface area contributed by atoms with Crippen LogP contribution in [-0.2, 0) is 19.6 Å². The van der Waals surface area contributed by atoms with E-state index in [-0.39, 0.29) is 34.7 Å². The summed E-state index contributed by atoms with van der Waals surface area (Å²) in [6.07, 6.45) is 2.60. The highest BCUT2D eigenvalue weighted by Gasteiger charge is 2.40. The van der Waals surface area contributed by atoms with Gasteiger partial charge < -0.3 is 10.1 Å². The second-order valence-electron chi connectivity index (χ2n) is 7.81. The van der Waals surface area contributed by atoms with Crippen LogP contribution < -0.4 is 14.7 Å². The second kappa shape index (κ2) is 9.17. The SMILES string of the molecule is N#C[N+]1(c2ccc(N3C[C@@H](CCS(=O)(=O)O)OC3=O)cc2F)CCC(CNC=O)CC1. The highest BCUT2D eigenvalue weighted by atomic mass is 32.2. The van der Waals surface area contributed by atoms with Crippen LogP contribution in [0, 0.1) is 23.2 Å². The molecule has 0 saturated carbocycles. The number of rotatable bonds is 8. The molecule has 2 fully saturated rings. The molecule has 2 aliphatic rings. The van der Waals surface area contributed by atoms with Crippen molar-refractivity contribution >= 4 is 34.0 Å². The van der Waals surface area contributed by atoms with Gasteiger partial charge in [-0.1, -0.05) is 0 Å². The Kier molecular flexibility index (Phi) is 6.78. The summed E-state index contributed by atoms with van der Waals surface area (Å²) in [7, 11) is -4.18. The van der Waals surface area contributed by atoms with Gasteiger partial charge in [0.25, 0.3) is 10.1 Å². The van der Waals surface area contributed by atoms with Gasteiger partial charge in [-0.25, -0.2) is 9.18 Å². The van der Waals surface area contributed by atoms with Gasteiger partial charge in [0.1, 0.15) is 6.10 Å². The lowest BCUT2D eigenvalue weighted by Gasteiger charge is -2.36. The average Bonchev–Trinajstić information content (AvgIpc) is 3.11. The number of nitriles is 1. The third-order valence-electron chi connectivity index (χ3n) is 5.80. The number of ether oxygens (including phenoxy) is 1. The summed E-state index contributed by atoms with van der Waals surface area (Å²) < 4.78 is 50.6. The molecule has 0 aliphatic carbocycles. The van der Waals surface area contributed by atoms with Crippen LogP contribution in [0.5, 0.6) is 0 Å². The fraction of sp³-hybridized carbons (Fsp3) is 0.526. The minimum absolute atomic E-state index is 0.0246. The van der Waals surface area contributed by atoms with Crippen LogP contribution in [0.1, 0.15) is 19.3 Å². The van der Waals surface area contributed by atoms with Gasteiger partial charge in [0.15, 0.2) is 11.5 Å². The minimum atomic E-state index is -4.18. The first kappa shape index (κ1) is 22.9. The van der Waals surface area contributed by atoms with Crippen LogP contribution >= 0.6 is 0 Å². The smallest absolute Gasteiger partial charge is 0.414 e. The van der Waals surface area contributed by atoms with Crippen molar-refractivity contribution in [2.45, 2.75) is 25.4 Å². The highest BCUT2D eigenvalue weighted by Crippen LogP contribution is 2.35. The molecule has 0 bridgehead atoms. The van der Waals surface area contributed by atoms with E-state index in [4.69, 9.17) is 9.29 Å². The molecule has 1 atom stereocenters. The molecule has 2 heterocycles. The highest BCUT2D eigenvalue weighted by molar-refractivity contribution is 7.85. The van der Waals surface area contributed by atoms with E-state index in [1.807, 2.05) is 0 Å². The molecule has 10 nitrogen and oxygen atoms in total. The monoisotopic (exact) mass is 455 g/mol. The number of nitrogens with one attached hydrogen (secondary N) is 1. The normalized spacial score (nSPS) is 26.2. The van der Waals surface area contributed by atoms with Crippen LogP contribution in [0.3, 0.4) is 0 Å². The fourth-order valence-corrected chi connectivity index (χ4v) is 4.61. The van der Waals surface area contributed by atoms with Gasteiger partial charge in [-0.3, -0.25) is 14.2 Å². The van der Waals surface area contributed by atoms with Crippen molar-refractivity contribution in [3.8, 4) is 6.19 Å². The molecule has 168 valence electrons. The van der Waals surface area contributed by atoms with Crippen molar-refractivity contribution in [2.75, 3.05) is 36.8 Å². The van der Waals surface area contributed by atoms with Gasteiger partial charge in [0.2, 0.25) is 6.41 Å². The third kappa shape index (κ3) is 5.30. The van der Waals surface area contributed by atoms with E-state index in [9.17, 15) is 23.3 Å². The number of likely N-dealkylation sites (tertiary alicyclic amines) is 1. The quantitative estimate of drug-likeness (QED) is 0.261. The molecule has 0 aromatic heterocycles. The zero-order chi connectivity index (χ0) is 22.6. The maximum atomic E-state index is 15.0. The lowest BCUT2D eigenvalue weighted by molar-refractivity contribution is -0.109. The molecule has 3 rings (SSSR count). The Morgan fingerprint density at radius 3 is 2.68 bits per heavy atom. The fourth-order valence-electron chi connectivity index (χ4n) is 4.05. The van der Waals surface area contributed by atoms with E-state index in [2.05, 4.69) is 11.5 Å². The van der Waals surface area contributed by atoms with Crippen LogP contribution in [-0.4, -0.2) is 63.5 Å². The first-order valence-corrected chi connectivity index (χ1v) is 11.5. The van der Waals surface area contributed by atoms with Gasteiger partial charge in [0.05, 0.1) is 31.1 Å². The topological polar surface area (TPSA) is 137 Å². The molecule has 2 amide bonds. The third-order valence-corrected chi connectivity index (χ3v) is 6.55. The van der Waals surface area contributed by atoms with E-state index in [1.165, 1.54) is 23.1 Å². The van der Waals surface area contributed by atoms with Crippen molar-refractivity contribution in [3.63, 3.8) is 0 Å². The summed E-state index contributed by atoms with van der Waals surface area (Å²) in [5, 5.41) is 12.4. The number of carbonyl (C=O) groups is 2. The average molecular weight is 455 g/mol. The van der Waals surface area contributed by atoms with Crippen molar-refractivity contribution in [2.24, 2.45) is 5.92 Å². The lowest BCUT2D eigenvalue weighted by atomic mass is 9.94. The number of benzene rings is 1. The lowest BCUT2D eigenvalue weighted by Crippen LogP contribution is -2.51. The van der Waals surface area contributed by atoms with Crippen molar-refractivity contribution < 1.29 is 31.7 Å². The Balaban J connectivity index is 1.72. The molecular formula is C19H24FN4O6S+. The number of anilines is 1. The zero-order valence-electron chi connectivity index (χ0n) is 16.7. The molecule has 0 radical (unpaired) electrons. The second-order valence-corrected chi connectivity index (χ2v) is 9.38. The predicted octanol–water partition coefficient (Wildman–Crippen LogP) is 1.37. The summed E-state index contributed by atoms with van der Waals surface area (Å²) >= 11 is 0. The molecule has 12 heteroatoms. The first-order chi connectivity index (χ1) is 14.7. The van der Waals surface area contributed by atoms with Gasteiger partial charge in [-0.2, -0.15) is 12.9 Å². The zero-order valence-corrected chi connectivity index (χ0v) is 17.6. The number of piperidine rings is 1. The Bertz CT molecular complexity index is 988. The van der Waals surface area contributed by atoms with E-state index < -0.39 is 33.9 Å². The Labute approximate surface area is 179 Å². The molecular weight excluding hydrogens is 431 g/mol. The molecule has 1 aromatic carbocycles. The number of nitrogens with zero attached hydrogens (tertiary/aromatic N) is 3. The number of hydrogen-bond donors (Lipinski definition) is 2. The standard InChI is InChI=1S/C19H23FN4O6S/c20-17-9-15(23-11-16(30-19(23)26)5-8-31(27,28)29)1-2-18(17)24(12-21)6-3-14(4-7-24)10-22-13-25/h1-2,9,13-14,16H,3-8,10-11H2,(H-,22,25,27,28,29)/p+1/t14?,16-,24?/m1/s1. The Hall–Kier alpha value is -2.75. The number of quaternary nitrogens is 1. The van der Waals surface area contributed by atoms with E-state index in [1.54, 1.807) is 0 Å². The van der Waals surface area contributed by atoms with Crippen LogP contribution in [0.2, 0.25) is 0 Å². The molecule has 2 saturated heterocycles. The Morgan fingerprint density at radius 1 is 1.39 bits per heavy atom. The van der Waals surface area contributed by atoms with E-state index in [0.717, 1.165) is 0 Å². The summed E-state index contributed by atoms with van der Waals surface area (Å²) in [6.45, 7) is 1.35. The number of cyclic esters (lactones) is 1. The number of amides is 2.